The number of nitrogens with zero attached hydrogens (tertiary/aromatic N) is 2. The zero-order chi connectivity index (χ0) is 14.7. The summed E-state index contributed by atoms with van der Waals surface area (Å²) in [5.41, 5.74) is 1.41. The Morgan fingerprint density at radius 2 is 1.81 bits per heavy atom. The number of Topliss-reactive ketones (excluding diaryl/α,β-unsaturated/α-hetero) is 2. The first-order valence-electron chi connectivity index (χ1n) is 7.22. The number of ether oxygens (including phenoxy) is 1. The van der Waals surface area contributed by atoms with Crippen molar-refractivity contribution in [1.29, 1.82) is 0 Å². The normalized spacial score (nSPS) is 37.3. The zero-order valence-corrected chi connectivity index (χ0v) is 12.7. The van der Waals surface area contributed by atoms with E-state index in [0.29, 0.717) is 10.9 Å². The summed E-state index contributed by atoms with van der Waals surface area (Å²) < 4.78 is 5.76. The highest BCUT2D eigenvalue weighted by Gasteiger charge is 2.63. The average molecular weight is 304 g/mol. The molecule has 5 atom stereocenters. The van der Waals surface area contributed by atoms with Gasteiger partial charge < -0.3 is 4.74 Å². The SMILES string of the molecule is CSc1ncc(C)c(C2C(=O)[C@@H]3[C@H](C2=O)[C@H]2CC[C@@H]3O2)n1. The van der Waals surface area contributed by atoms with Crippen molar-refractivity contribution in [3.8, 4) is 0 Å². The molecule has 0 radical (unpaired) electrons. The van der Waals surface area contributed by atoms with Crippen molar-refractivity contribution in [2.75, 3.05) is 6.26 Å². The van der Waals surface area contributed by atoms with Crippen molar-refractivity contribution in [3.63, 3.8) is 0 Å². The summed E-state index contributed by atoms with van der Waals surface area (Å²) in [7, 11) is 0. The van der Waals surface area contributed by atoms with Gasteiger partial charge in [0.1, 0.15) is 5.92 Å². The molecular weight excluding hydrogens is 288 g/mol. The molecule has 2 saturated heterocycles. The topological polar surface area (TPSA) is 69.2 Å². The average Bonchev–Trinajstić information content (AvgIpc) is 3.15. The summed E-state index contributed by atoms with van der Waals surface area (Å²) in [5, 5.41) is 0.604. The van der Waals surface area contributed by atoms with Gasteiger partial charge in [-0.05, 0) is 31.6 Å². The van der Waals surface area contributed by atoms with E-state index in [0.717, 1.165) is 18.4 Å². The first-order valence-corrected chi connectivity index (χ1v) is 8.44. The van der Waals surface area contributed by atoms with Crippen molar-refractivity contribution >= 4 is 23.3 Å². The highest BCUT2D eigenvalue weighted by molar-refractivity contribution is 7.98. The first kappa shape index (κ1) is 13.4. The molecule has 2 aliphatic heterocycles. The molecule has 110 valence electrons. The van der Waals surface area contributed by atoms with Gasteiger partial charge in [0.2, 0.25) is 0 Å². The Labute approximate surface area is 126 Å². The van der Waals surface area contributed by atoms with Crippen LogP contribution < -0.4 is 0 Å². The number of fused-ring (bicyclic) bond motifs is 5. The fourth-order valence-electron chi connectivity index (χ4n) is 4.02. The van der Waals surface area contributed by atoms with Crippen LogP contribution in [0.15, 0.2) is 11.4 Å². The lowest BCUT2D eigenvalue weighted by atomic mass is 9.81. The van der Waals surface area contributed by atoms with Gasteiger partial charge in [0, 0.05) is 6.20 Å². The Morgan fingerprint density at radius 1 is 1.19 bits per heavy atom. The van der Waals surface area contributed by atoms with Crippen LogP contribution in [-0.2, 0) is 14.3 Å². The maximum Gasteiger partial charge on any atom is 0.187 e. The van der Waals surface area contributed by atoms with Crippen LogP contribution in [0.25, 0.3) is 0 Å². The van der Waals surface area contributed by atoms with Crippen molar-refractivity contribution in [1.82, 2.24) is 9.97 Å². The zero-order valence-electron chi connectivity index (χ0n) is 11.9. The number of aromatic nitrogens is 2. The molecule has 1 aliphatic carbocycles. The molecule has 0 spiro atoms. The lowest BCUT2D eigenvalue weighted by Crippen LogP contribution is -2.29. The van der Waals surface area contributed by atoms with Gasteiger partial charge in [-0.1, -0.05) is 11.8 Å². The van der Waals surface area contributed by atoms with E-state index in [1.54, 1.807) is 6.20 Å². The van der Waals surface area contributed by atoms with Crippen LogP contribution in [0, 0.1) is 18.8 Å². The van der Waals surface area contributed by atoms with E-state index in [2.05, 4.69) is 9.97 Å². The third-order valence-corrected chi connectivity index (χ3v) is 5.51. The van der Waals surface area contributed by atoms with Crippen LogP contribution in [0.2, 0.25) is 0 Å². The summed E-state index contributed by atoms with van der Waals surface area (Å²) >= 11 is 1.42. The molecule has 1 unspecified atom stereocenters. The largest absolute Gasteiger partial charge is 0.373 e. The van der Waals surface area contributed by atoms with Crippen LogP contribution >= 0.6 is 11.8 Å². The summed E-state index contributed by atoms with van der Waals surface area (Å²) in [6.45, 7) is 1.86. The van der Waals surface area contributed by atoms with Crippen molar-refractivity contribution < 1.29 is 14.3 Å². The van der Waals surface area contributed by atoms with Crippen molar-refractivity contribution in [2.45, 2.75) is 43.0 Å². The number of carbonyl (C=O) groups is 2. The molecule has 3 heterocycles. The van der Waals surface area contributed by atoms with Gasteiger partial charge >= 0.3 is 0 Å². The van der Waals surface area contributed by atoms with Gasteiger partial charge in [0.15, 0.2) is 16.7 Å². The van der Waals surface area contributed by atoms with E-state index in [9.17, 15) is 9.59 Å². The minimum atomic E-state index is -0.708. The third kappa shape index (κ3) is 1.75. The van der Waals surface area contributed by atoms with E-state index in [1.807, 2.05) is 13.2 Å². The van der Waals surface area contributed by atoms with Gasteiger partial charge in [-0.25, -0.2) is 9.97 Å². The number of hydrogen-bond donors (Lipinski definition) is 0. The molecule has 3 fully saturated rings. The fourth-order valence-corrected chi connectivity index (χ4v) is 4.37. The molecule has 1 aromatic heterocycles. The molecule has 21 heavy (non-hydrogen) atoms. The number of rotatable bonds is 2. The molecule has 2 bridgehead atoms. The maximum absolute atomic E-state index is 12.8. The molecule has 0 N–H and O–H groups in total. The second-order valence-electron chi connectivity index (χ2n) is 6.00. The smallest absolute Gasteiger partial charge is 0.187 e. The van der Waals surface area contributed by atoms with Crippen LogP contribution in [0.3, 0.4) is 0 Å². The second-order valence-corrected chi connectivity index (χ2v) is 6.78. The predicted molar refractivity (Wildman–Crippen MR) is 76.2 cm³/mol. The maximum atomic E-state index is 12.8. The van der Waals surface area contributed by atoms with E-state index >= 15 is 0 Å². The highest BCUT2D eigenvalue weighted by atomic mass is 32.2. The second kappa shape index (κ2) is 4.61. The third-order valence-electron chi connectivity index (χ3n) is 4.94. The monoisotopic (exact) mass is 304 g/mol. The van der Waals surface area contributed by atoms with E-state index < -0.39 is 5.92 Å². The van der Waals surface area contributed by atoms with Gasteiger partial charge in [-0.15, -0.1) is 0 Å². The van der Waals surface area contributed by atoms with Crippen LogP contribution in [0.4, 0.5) is 0 Å². The molecular formula is C15H16N2O3S. The summed E-state index contributed by atoms with van der Waals surface area (Å²) in [6, 6.07) is 0. The van der Waals surface area contributed by atoms with Crippen molar-refractivity contribution in [2.24, 2.45) is 11.8 Å². The molecule has 4 rings (SSSR count). The lowest BCUT2D eigenvalue weighted by molar-refractivity contribution is -0.127. The molecule has 5 nitrogen and oxygen atoms in total. The number of hydrogen-bond acceptors (Lipinski definition) is 6. The highest BCUT2D eigenvalue weighted by Crippen LogP contribution is 2.52. The fraction of sp³-hybridized carbons (Fsp3) is 0.600. The number of aryl methyl sites for hydroxylation is 1. The Balaban J connectivity index is 1.77. The predicted octanol–water partition coefficient (Wildman–Crippen LogP) is 1.54. The lowest BCUT2D eigenvalue weighted by Gasteiger charge is -2.16. The van der Waals surface area contributed by atoms with E-state index in [-0.39, 0.29) is 35.6 Å². The summed E-state index contributed by atoms with van der Waals surface area (Å²) in [5.74, 6) is -1.18. The molecule has 3 aliphatic rings. The van der Waals surface area contributed by atoms with Gasteiger partial charge in [-0.2, -0.15) is 0 Å². The quantitative estimate of drug-likeness (QED) is 0.469. The minimum absolute atomic E-state index is 0.00560. The molecule has 6 heteroatoms. The van der Waals surface area contributed by atoms with Crippen molar-refractivity contribution in [3.05, 3.63) is 17.5 Å². The minimum Gasteiger partial charge on any atom is -0.373 e. The molecule has 1 aromatic rings. The van der Waals surface area contributed by atoms with E-state index in [4.69, 9.17) is 4.74 Å². The molecule has 1 saturated carbocycles. The van der Waals surface area contributed by atoms with Gasteiger partial charge in [0.05, 0.1) is 29.7 Å². The number of ketones is 2. The van der Waals surface area contributed by atoms with Gasteiger partial charge in [0.25, 0.3) is 0 Å². The Morgan fingerprint density at radius 3 is 2.38 bits per heavy atom. The molecule has 0 aromatic carbocycles. The Bertz CT molecular complexity index is 620. The Kier molecular flexibility index (Phi) is 2.94. The molecule has 0 amide bonds. The van der Waals surface area contributed by atoms with E-state index in [1.165, 1.54) is 11.8 Å². The summed E-state index contributed by atoms with van der Waals surface area (Å²) in [4.78, 5) is 34.2. The first-order chi connectivity index (χ1) is 10.1. The standard InChI is InChI=1S/C15H16N2O3S/c1-6-5-16-15(21-2)17-12(6)11-13(18)9-7-3-4-8(20-7)10(9)14(11)19/h5,7-11H,3-4H2,1-2H3/t7-,8+,9-,10+,11?. The van der Waals surface area contributed by atoms with Gasteiger partial charge in [-0.3, -0.25) is 9.59 Å². The number of carbonyl (C=O) groups excluding carboxylic acids is 2. The van der Waals surface area contributed by atoms with Crippen LogP contribution in [0.1, 0.15) is 30.0 Å². The number of thioether (sulfide) groups is 1. The van der Waals surface area contributed by atoms with Crippen LogP contribution in [0.5, 0.6) is 0 Å². The Hall–Kier alpha value is -1.27. The summed E-state index contributed by atoms with van der Waals surface area (Å²) in [6.07, 6.45) is 5.28. The van der Waals surface area contributed by atoms with Crippen LogP contribution in [-0.4, -0.2) is 40.0 Å².